The van der Waals surface area contributed by atoms with E-state index in [9.17, 15) is 10.1 Å². The molecule has 5 heteroatoms. The van der Waals surface area contributed by atoms with Crippen molar-refractivity contribution in [3.8, 4) is 0 Å². The smallest absolute Gasteiger partial charge is 0.311 e. The standard InChI is InChI=1S/C14H19N3O2/c1-9-4-13(17(18)19)14(15-7-9)16-8-12-6-10-2-3-11(12)5-10/h4,7,10-12H,2-3,5-6,8H2,1H3,(H,15,16). The molecule has 3 unspecified atom stereocenters. The fourth-order valence-corrected chi connectivity index (χ4v) is 3.68. The highest BCUT2D eigenvalue weighted by Gasteiger charge is 2.39. The highest BCUT2D eigenvalue weighted by Crippen LogP contribution is 2.48. The highest BCUT2D eigenvalue weighted by atomic mass is 16.6. The summed E-state index contributed by atoms with van der Waals surface area (Å²) in [5.74, 6) is 2.81. The minimum absolute atomic E-state index is 0.0863. The van der Waals surface area contributed by atoms with E-state index in [1.165, 1.54) is 25.7 Å². The number of nitrogens with one attached hydrogen (secondary N) is 1. The lowest BCUT2D eigenvalue weighted by atomic mass is 9.89. The van der Waals surface area contributed by atoms with Gasteiger partial charge in [-0.05, 0) is 49.5 Å². The van der Waals surface area contributed by atoms with E-state index in [4.69, 9.17) is 0 Å². The molecule has 0 radical (unpaired) electrons. The number of fused-ring (bicyclic) bond motifs is 2. The molecule has 0 amide bonds. The lowest BCUT2D eigenvalue weighted by Crippen LogP contribution is -2.21. The van der Waals surface area contributed by atoms with Gasteiger partial charge in [0, 0.05) is 18.8 Å². The second kappa shape index (κ2) is 4.79. The van der Waals surface area contributed by atoms with Crippen LogP contribution in [0, 0.1) is 34.8 Å². The zero-order valence-electron chi connectivity index (χ0n) is 11.1. The van der Waals surface area contributed by atoms with E-state index in [-0.39, 0.29) is 10.6 Å². The van der Waals surface area contributed by atoms with Crippen molar-refractivity contribution in [3.63, 3.8) is 0 Å². The monoisotopic (exact) mass is 261 g/mol. The first-order chi connectivity index (χ1) is 9.13. The summed E-state index contributed by atoms with van der Waals surface area (Å²) in [6.07, 6.45) is 7.02. The molecule has 5 nitrogen and oxygen atoms in total. The van der Waals surface area contributed by atoms with Gasteiger partial charge in [0.1, 0.15) is 0 Å². The Morgan fingerprint density at radius 1 is 1.47 bits per heavy atom. The second-order valence-electron chi connectivity index (χ2n) is 5.95. The molecule has 0 saturated heterocycles. The molecule has 2 aliphatic rings. The maximum absolute atomic E-state index is 11.0. The molecule has 0 aromatic carbocycles. The number of anilines is 1. The van der Waals surface area contributed by atoms with E-state index in [2.05, 4.69) is 10.3 Å². The zero-order chi connectivity index (χ0) is 13.4. The second-order valence-corrected chi connectivity index (χ2v) is 5.95. The van der Waals surface area contributed by atoms with Gasteiger partial charge in [-0.3, -0.25) is 10.1 Å². The molecule has 0 aliphatic heterocycles. The van der Waals surface area contributed by atoms with Gasteiger partial charge in [-0.25, -0.2) is 4.98 Å². The van der Waals surface area contributed by atoms with Crippen LogP contribution >= 0.6 is 0 Å². The molecule has 2 saturated carbocycles. The van der Waals surface area contributed by atoms with Crippen molar-refractivity contribution < 1.29 is 4.92 Å². The largest absolute Gasteiger partial charge is 0.364 e. The molecule has 2 aliphatic carbocycles. The van der Waals surface area contributed by atoms with Crippen LogP contribution < -0.4 is 5.32 Å². The van der Waals surface area contributed by atoms with E-state index in [0.29, 0.717) is 11.7 Å². The number of aromatic nitrogens is 1. The number of hydrogen-bond donors (Lipinski definition) is 1. The Labute approximate surface area is 112 Å². The third kappa shape index (κ3) is 2.41. The topological polar surface area (TPSA) is 68.1 Å². The van der Waals surface area contributed by atoms with Crippen molar-refractivity contribution in [1.29, 1.82) is 0 Å². The summed E-state index contributed by atoms with van der Waals surface area (Å²) in [5, 5.41) is 14.2. The van der Waals surface area contributed by atoms with Gasteiger partial charge in [0.2, 0.25) is 5.82 Å². The molecule has 2 fully saturated rings. The van der Waals surface area contributed by atoms with Crippen LogP contribution in [0.15, 0.2) is 12.3 Å². The Balaban J connectivity index is 1.68. The van der Waals surface area contributed by atoms with Crippen LogP contribution in [-0.2, 0) is 0 Å². The predicted octanol–water partition coefficient (Wildman–Crippen LogP) is 3.15. The fraction of sp³-hybridized carbons (Fsp3) is 0.643. The number of nitro groups is 1. The van der Waals surface area contributed by atoms with Gasteiger partial charge in [-0.1, -0.05) is 6.42 Å². The zero-order valence-corrected chi connectivity index (χ0v) is 11.1. The van der Waals surface area contributed by atoms with Crippen LogP contribution in [0.25, 0.3) is 0 Å². The van der Waals surface area contributed by atoms with Crippen LogP contribution in [0.5, 0.6) is 0 Å². The van der Waals surface area contributed by atoms with Crippen molar-refractivity contribution in [2.45, 2.75) is 32.6 Å². The van der Waals surface area contributed by atoms with Gasteiger partial charge >= 0.3 is 5.69 Å². The molecule has 1 aromatic heterocycles. The quantitative estimate of drug-likeness (QED) is 0.667. The Kier molecular flexibility index (Phi) is 3.12. The number of rotatable bonds is 4. The highest BCUT2D eigenvalue weighted by molar-refractivity contribution is 5.56. The van der Waals surface area contributed by atoms with Crippen molar-refractivity contribution in [2.75, 3.05) is 11.9 Å². The number of nitrogens with zero attached hydrogens (tertiary/aromatic N) is 2. The first kappa shape index (κ1) is 12.4. The minimum Gasteiger partial charge on any atom is -0.364 e. The summed E-state index contributed by atoms with van der Waals surface area (Å²) in [6, 6.07) is 1.58. The Bertz CT molecular complexity index is 503. The Morgan fingerprint density at radius 3 is 2.95 bits per heavy atom. The number of pyridine rings is 1. The molecule has 102 valence electrons. The van der Waals surface area contributed by atoms with Crippen molar-refractivity contribution >= 4 is 11.5 Å². The van der Waals surface area contributed by atoms with Gasteiger partial charge in [0.15, 0.2) is 0 Å². The molecule has 1 aromatic rings. The minimum atomic E-state index is -0.358. The van der Waals surface area contributed by atoms with Crippen LogP contribution in [0.2, 0.25) is 0 Å². The van der Waals surface area contributed by atoms with E-state index in [0.717, 1.165) is 23.9 Å². The summed E-state index contributed by atoms with van der Waals surface area (Å²) in [5.41, 5.74) is 0.903. The summed E-state index contributed by atoms with van der Waals surface area (Å²) < 4.78 is 0. The first-order valence-corrected chi connectivity index (χ1v) is 6.98. The summed E-state index contributed by atoms with van der Waals surface area (Å²) >= 11 is 0. The summed E-state index contributed by atoms with van der Waals surface area (Å²) in [6.45, 7) is 2.64. The van der Waals surface area contributed by atoms with E-state index < -0.39 is 0 Å². The van der Waals surface area contributed by atoms with Crippen molar-refractivity contribution in [3.05, 3.63) is 27.9 Å². The molecule has 3 atom stereocenters. The van der Waals surface area contributed by atoms with E-state index in [1.807, 2.05) is 6.92 Å². The molecule has 1 heterocycles. The van der Waals surface area contributed by atoms with Crippen molar-refractivity contribution in [2.24, 2.45) is 17.8 Å². The molecule has 3 rings (SSSR count). The third-order valence-electron chi connectivity index (χ3n) is 4.62. The van der Waals surface area contributed by atoms with Crippen LogP contribution in [0.4, 0.5) is 11.5 Å². The fourth-order valence-electron chi connectivity index (χ4n) is 3.68. The Hall–Kier alpha value is -1.65. The van der Waals surface area contributed by atoms with Crippen LogP contribution in [-0.4, -0.2) is 16.5 Å². The first-order valence-electron chi connectivity index (χ1n) is 6.98. The maximum atomic E-state index is 11.0. The van der Waals surface area contributed by atoms with Gasteiger partial charge < -0.3 is 5.32 Å². The number of aryl methyl sites for hydroxylation is 1. The predicted molar refractivity (Wildman–Crippen MR) is 73.1 cm³/mol. The third-order valence-corrected chi connectivity index (χ3v) is 4.62. The van der Waals surface area contributed by atoms with Gasteiger partial charge in [0.25, 0.3) is 0 Å². The lowest BCUT2D eigenvalue weighted by Gasteiger charge is -2.21. The molecule has 0 spiro atoms. The molecule has 1 N–H and O–H groups in total. The maximum Gasteiger partial charge on any atom is 0.311 e. The average Bonchev–Trinajstić information content (AvgIpc) is 2.99. The van der Waals surface area contributed by atoms with Crippen molar-refractivity contribution in [1.82, 2.24) is 4.98 Å². The Morgan fingerprint density at radius 2 is 2.32 bits per heavy atom. The van der Waals surface area contributed by atoms with Gasteiger partial charge in [-0.2, -0.15) is 0 Å². The lowest BCUT2D eigenvalue weighted by molar-refractivity contribution is -0.384. The molecular formula is C14H19N3O2. The van der Waals surface area contributed by atoms with E-state index >= 15 is 0 Å². The van der Waals surface area contributed by atoms with E-state index in [1.54, 1.807) is 12.3 Å². The molecule has 2 bridgehead atoms. The van der Waals surface area contributed by atoms with Crippen LogP contribution in [0.3, 0.4) is 0 Å². The average molecular weight is 261 g/mol. The summed E-state index contributed by atoms with van der Waals surface area (Å²) in [4.78, 5) is 14.8. The van der Waals surface area contributed by atoms with Crippen LogP contribution in [0.1, 0.15) is 31.2 Å². The summed E-state index contributed by atoms with van der Waals surface area (Å²) in [7, 11) is 0. The van der Waals surface area contributed by atoms with Gasteiger partial charge in [0.05, 0.1) is 4.92 Å². The normalized spacial score (nSPS) is 28.6. The number of hydrogen-bond acceptors (Lipinski definition) is 4. The molecular weight excluding hydrogens is 242 g/mol. The van der Waals surface area contributed by atoms with Gasteiger partial charge in [-0.15, -0.1) is 0 Å². The SMILES string of the molecule is Cc1cnc(NCC2CC3CCC2C3)c([N+](=O)[O-])c1. The molecule has 19 heavy (non-hydrogen) atoms.